The van der Waals surface area contributed by atoms with Crippen LogP contribution in [0.5, 0.6) is 11.5 Å². The SMILES string of the molecule is COc1ccc([C@H](Cc2c(Cl)c[n+](O)cc2Cl)c2cc(CCO)sc2C(=O)O)cc1OC. The number of carboxylic acids is 1. The molecule has 0 amide bonds. The van der Waals surface area contributed by atoms with Crippen molar-refractivity contribution in [2.24, 2.45) is 0 Å². The normalized spacial score (nSPS) is 11.9. The minimum absolute atomic E-state index is 0.0904. The number of carboxylic acid groups (broad SMARTS) is 1. The lowest BCUT2D eigenvalue weighted by atomic mass is 9.85. The van der Waals surface area contributed by atoms with E-state index < -0.39 is 11.9 Å². The molecule has 1 atom stereocenters. The largest absolute Gasteiger partial charge is 0.493 e. The van der Waals surface area contributed by atoms with E-state index in [4.69, 9.17) is 32.7 Å². The van der Waals surface area contributed by atoms with Gasteiger partial charge in [-0.05, 0) is 35.7 Å². The number of aromatic nitrogens is 1. The highest BCUT2D eigenvalue weighted by Crippen LogP contribution is 2.40. The van der Waals surface area contributed by atoms with Crippen molar-refractivity contribution in [2.75, 3.05) is 20.8 Å². The number of methoxy groups -OCH3 is 2. The van der Waals surface area contributed by atoms with Crippen LogP contribution in [-0.2, 0) is 12.8 Å². The lowest BCUT2D eigenvalue weighted by molar-refractivity contribution is -0.904. The summed E-state index contributed by atoms with van der Waals surface area (Å²) in [7, 11) is 3.05. The van der Waals surface area contributed by atoms with Crippen LogP contribution < -0.4 is 14.2 Å². The van der Waals surface area contributed by atoms with E-state index in [0.717, 1.165) is 26.5 Å². The van der Waals surface area contributed by atoms with Crippen LogP contribution in [0.1, 0.15) is 37.2 Å². The standard InChI is InChI=1S/C22H21Cl2NO6S/c1-30-19-4-3-12(7-20(19)31-2)14(9-16-17(23)10-25(29)11-18(16)24)15-8-13(5-6-26)32-21(15)22(27)28/h3-4,7-8,10-11,14,26H,5-6,9H2,1-2H3,(H-,27,28,29)/p+1/t14-/m0/s1. The van der Waals surface area contributed by atoms with Crippen molar-refractivity contribution in [3.05, 3.63) is 73.1 Å². The first-order chi connectivity index (χ1) is 15.3. The summed E-state index contributed by atoms with van der Waals surface area (Å²) in [5.74, 6) is -0.472. The summed E-state index contributed by atoms with van der Waals surface area (Å²) in [6.45, 7) is -0.0904. The maximum absolute atomic E-state index is 12.0. The van der Waals surface area contributed by atoms with Crippen LogP contribution in [0, 0.1) is 0 Å². The Morgan fingerprint density at radius 2 is 1.78 bits per heavy atom. The zero-order chi connectivity index (χ0) is 23.4. The summed E-state index contributed by atoms with van der Waals surface area (Å²) in [6, 6.07) is 7.16. The topological polar surface area (TPSA) is 100 Å². The Kier molecular flexibility index (Phi) is 7.84. The van der Waals surface area contributed by atoms with Crippen LogP contribution in [0.3, 0.4) is 0 Å². The molecule has 3 rings (SSSR count). The average Bonchev–Trinajstić information content (AvgIpc) is 3.17. The van der Waals surface area contributed by atoms with Gasteiger partial charge in [0.15, 0.2) is 11.5 Å². The Bertz CT molecular complexity index is 1110. The fourth-order valence-electron chi connectivity index (χ4n) is 3.53. The molecular formula is C22H22Cl2NO6S+. The molecule has 0 unspecified atom stereocenters. The molecule has 0 fully saturated rings. The van der Waals surface area contributed by atoms with Gasteiger partial charge < -0.3 is 19.7 Å². The van der Waals surface area contributed by atoms with Gasteiger partial charge in [0, 0.05) is 34.1 Å². The third-order valence-electron chi connectivity index (χ3n) is 5.03. The summed E-state index contributed by atoms with van der Waals surface area (Å²) in [6.07, 6.45) is 3.25. The van der Waals surface area contributed by atoms with E-state index in [1.807, 2.05) is 6.07 Å². The van der Waals surface area contributed by atoms with Crippen molar-refractivity contribution in [3.8, 4) is 11.5 Å². The summed E-state index contributed by atoms with van der Waals surface area (Å²) in [5, 5.41) is 29.4. The highest BCUT2D eigenvalue weighted by Gasteiger charge is 2.28. The molecule has 3 aromatic rings. The molecule has 0 radical (unpaired) electrons. The molecule has 32 heavy (non-hydrogen) atoms. The number of thiophene rings is 1. The van der Waals surface area contributed by atoms with E-state index in [-0.39, 0.29) is 28.0 Å². The third-order valence-corrected chi connectivity index (χ3v) is 6.88. The predicted molar refractivity (Wildman–Crippen MR) is 121 cm³/mol. The van der Waals surface area contributed by atoms with Crippen molar-refractivity contribution in [3.63, 3.8) is 0 Å². The van der Waals surface area contributed by atoms with Gasteiger partial charge in [0.25, 0.3) is 0 Å². The van der Waals surface area contributed by atoms with Crippen molar-refractivity contribution in [2.45, 2.75) is 18.8 Å². The zero-order valence-electron chi connectivity index (χ0n) is 17.3. The van der Waals surface area contributed by atoms with E-state index in [9.17, 15) is 20.2 Å². The number of carbonyl (C=O) groups is 1. The minimum Gasteiger partial charge on any atom is -0.493 e. The highest BCUT2D eigenvalue weighted by atomic mass is 35.5. The van der Waals surface area contributed by atoms with E-state index in [0.29, 0.717) is 29.0 Å². The van der Waals surface area contributed by atoms with Gasteiger partial charge in [-0.25, -0.2) is 4.79 Å². The Labute approximate surface area is 199 Å². The van der Waals surface area contributed by atoms with Crippen molar-refractivity contribution in [1.82, 2.24) is 0 Å². The monoisotopic (exact) mass is 498 g/mol. The number of hydrogen-bond acceptors (Lipinski definition) is 6. The molecular weight excluding hydrogens is 477 g/mol. The maximum Gasteiger partial charge on any atom is 0.346 e. The number of ether oxygens (including phenoxy) is 2. The van der Waals surface area contributed by atoms with Crippen LogP contribution in [0.4, 0.5) is 0 Å². The van der Waals surface area contributed by atoms with E-state index >= 15 is 0 Å². The number of rotatable bonds is 9. The van der Waals surface area contributed by atoms with Gasteiger partial charge in [-0.3, -0.25) is 5.21 Å². The van der Waals surface area contributed by atoms with Gasteiger partial charge in [-0.1, -0.05) is 29.3 Å². The molecule has 0 aliphatic rings. The molecule has 1 aromatic carbocycles. The van der Waals surface area contributed by atoms with Crippen LogP contribution in [0.25, 0.3) is 0 Å². The van der Waals surface area contributed by atoms with E-state index in [2.05, 4.69) is 0 Å². The molecule has 2 aromatic heterocycles. The molecule has 0 saturated heterocycles. The van der Waals surface area contributed by atoms with Crippen molar-refractivity contribution in [1.29, 1.82) is 0 Å². The lowest BCUT2D eigenvalue weighted by Gasteiger charge is -2.20. The smallest absolute Gasteiger partial charge is 0.346 e. The maximum atomic E-state index is 12.0. The molecule has 0 saturated carbocycles. The highest BCUT2D eigenvalue weighted by molar-refractivity contribution is 7.14. The van der Waals surface area contributed by atoms with Gasteiger partial charge in [0.1, 0.15) is 14.9 Å². The van der Waals surface area contributed by atoms with E-state index in [1.54, 1.807) is 18.2 Å². The van der Waals surface area contributed by atoms with Gasteiger partial charge in [-0.15, -0.1) is 11.3 Å². The summed E-state index contributed by atoms with van der Waals surface area (Å²) in [4.78, 5) is 13.0. The minimum atomic E-state index is -1.06. The van der Waals surface area contributed by atoms with Crippen LogP contribution in [0.2, 0.25) is 10.0 Å². The zero-order valence-corrected chi connectivity index (χ0v) is 19.7. The Balaban J connectivity index is 2.20. The molecule has 3 N–H and O–H groups in total. The quantitative estimate of drug-likeness (QED) is 0.302. The second-order valence-corrected chi connectivity index (χ2v) is 8.91. The van der Waals surface area contributed by atoms with Crippen LogP contribution >= 0.6 is 34.5 Å². The first kappa shape index (κ1) is 24.1. The van der Waals surface area contributed by atoms with Crippen LogP contribution in [-0.4, -0.2) is 42.2 Å². The number of pyridine rings is 1. The lowest BCUT2D eigenvalue weighted by Crippen LogP contribution is -2.29. The average molecular weight is 499 g/mol. The number of aliphatic hydroxyl groups excluding tert-OH is 1. The first-order valence-corrected chi connectivity index (χ1v) is 11.1. The van der Waals surface area contributed by atoms with E-state index in [1.165, 1.54) is 26.6 Å². The number of halogens is 2. The molecule has 170 valence electrons. The molecule has 0 bridgehead atoms. The van der Waals surface area contributed by atoms with Gasteiger partial charge in [0.2, 0.25) is 12.4 Å². The van der Waals surface area contributed by atoms with Crippen LogP contribution in [0.15, 0.2) is 36.7 Å². The third kappa shape index (κ3) is 5.10. The second kappa shape index (κ2) is 10.4. The Morgan fingerprint density at radius 3 is 2.34 bits per heavy atom. The fraction of sp³-hybridized carbons (Fsp3) is 0.273. The van der Waals surface area contributed by atoms with Gasteiger partial charge in [0.05, 0.1) is 14.2 Å². The van der Waals surface area contributed by atoms with Crippen molar-refractivity contribution >= 4 is 40.5 Å². The fourth-order valence-corrected chi connectivity index (χ4v) is 5.19. The molecule has 0 aliphatic heterocycles. The summed E-state index contributed by atoms with van der Waals surface area (Å²) in [5.41, 5.74) is 1.90. The Morgan fingerprint density at radius 1 is 1.12 bits per heavy atom. The second-order valence-electron chi connectivity index (χ2n) is 6.96. The first-order valence-electron chi connectivity index (χ1n) is 9.56. The molecule has 0 spiro atoms. The molecule has 0 aliphatic carbocycles. The summed E-state index contributed by atoms with van der Waals surface area (Å²) < 4.78 is 11.5. The molecule has 2 heterocycles. The Hall–Kier alpha value is -2.52. The van der Waals surface area contributed by atoms with Gasteiger partial charge >= 0.3 is 5.97 Å². The van der Waals surface area contributed by atoms with Crippen molar-refractivity contribution < 1.29 is 34.4 Å². The number of aliphatic hydroxyl groups is 1. The van der Waals surface area contributed by atoms with Gasteiger partial charge in [-0.2, -0.15) is 0 Å². The summed E-state index contributed by atoms with van der Waals surface area (Å²) >= 11 is 13.8. The number of aromatic carboxylic acids is 1. The predicted octanol–water partition coefficient (Wildman–Crippen LogP) is 4.20. The number of hydrogen-bond donors (Lipinski definition) is 3. The number of benzene rings is 1. The number of nitrogens with zero attached hydrogens (tertiary/aromatic N) is 1. The molecule has 10 heteroatoms. The molecule has 7 nitrogen and oxygen atoms in total.